The third-order valence-electron chi connectivity index (χ3n) is 3.42. The Morgan fingerprint density at radius 1 is 1.33 bits per heavy atom. The van der Waals surface area contributed by atoms with Crippen molar-refractivity contribution in [1.29, 1.82) is 0 Å². The van der Waals surface area contributed by atoms with Crippen LogP contribution < -0.4 is 5.73 Å². The molecule has 1 amide bonds. The zero-order chi connectivity index (χ0) is 13.1. The van der Waals surface area contributed by atoms with Crippen molar-refractivity contribution in [2.24, 2.45) is 11.7 Å². The van der Waals surface area contributed by atoms with Gasteiger partial charge in [0.05, 0.1) is 5.56 Å². The van der Waals surface area contributed by atoms with E-state index < -0.39 is 17.5 Å². The first kappa shape index (κ1) is 13.0. The lowest BCUT2D eigenvalue weighted by Crippen LogP contribution is -2.40. The van der Waals surface area contributed by atoms with Gasteiger partial charge < -0.3 is 10.6 Å². The van der Waals surface area contributed by atoms with Gasteiger partial charge in [-0.15, -0.1) is 0 Å². The third-order valence-corrected chi connectivity index (χ3v) is 3.42. The molecule has 2 N–H and O–H groups in total. The van der Waals surface area contributed by atoms with E-state index in [0.29, 0.717) is 25.6 Å². The highest BCUT2D eigenvalue weighted by atomic mass is 19.2. The van der Waals surface area contributed by atoms with Gasteiger partial charge in [-0.1, -0.05) is 6.07 Å². The SMILES string of the molecule is NCC1CCN(C(=O)c2cccc(F)c2F)CC1. The number of rotatable bonds is 2. The van der Waals surface area contributed by atoms with Gasteiger partial charge in [-0.2, -0.15) is 0 Å². The normalized spacial score (nSPS) is 16.9. The summed E-state index contributed by atoms with van der Waals surface area (Å²) < 4.78 is 26.6. The second-order valence-corrected chi connectivity index (χ2v) is 4.57. The third kappa shape index (κ3) is 2.51. The fraction of sp³-hybridized carbons (Fsp3) is 0.462. The van der Waals surface area contributed by atoms with Crippen LogP contribution in [-0.2, 0) is 0 Å². The number of benzene rings is 1. The summed E-state index contributed by atoms with van der Waals surface area (Å²) in [6, 6.07) is 3.67. The topological polar surface area (TPSA) is 46.3 Å². The highest BCUT2D eigenvalue weighted by Crippen LogP contribution is 2.20. The van der Waals surface area contributed by atoms with Crippen LogP contribution in [0.4, 0.5) is 8.78 Å². The Hall–Kier alpha value is -1.49. The number of hydrogen-bond donors (Lipinski definition) is 1. The molecule has 1 aromatic rings. The monoisotopic (exact) mass is 254 g/mol. The maximum absolute atomic E-state index is 13.5. The fourth-order valence-corrected chi connectivity index (χ4v) is 2.21. The van der Waals surface area contributed by atoms with Gasteiger partial charge in [-0.05, 0) is 37.4 Å². The van der Waals surface area contributed by atoms with E-state index in [4.69, 9.17) is 5.73 Å². The summed E-state index contributed by atoms with van der Waals surface area (Å²) in [5.41, 5.74) is 5.37. The molecular weight excluding hydrogens is 238 g/mol. The number of hydrogen-bond acceptors (Lipinski definition) is 2. The van der Waals surface area contributed by atoms with Crippen molar-refractivity contribution in [3.63, 3.8) is 0 Å². The van der Waals surface area contributed by atoms with Crippen molar-refractivity contribution in [2.75, 3.05) is 19.6 Å². The van der Waals surface area contributed by atoms with Crippen LogP contribution in [0.25, 0.3) is 0 Å². The Bertz CT molecular complexity index is 443. The summed E-state index contributed by atoms with van der Waals surface area (Å²) >= 11 is 0. The zero-order valence-corrected chi connectivity index (χ0v) is 10.0. The number of likely N-dealkylation sites (tertiary alicyclic amines) is 1. The van der Waals surface area contributed by atoms with E-state index in [0.717, 1.165) is 18.9 Å². The molecule has 1 saturated heterocycles. The number of nitrogens with two attached hydrogens (primary N) is 1. The molecule has 98 valence electrons. The molecule has 2 rings (SSSR count). The Balaban J connectivity index is 2.10. The summed E-state index contributed by atoms with van der Waals surface area (Å²) in [5.74, 6) is -2.07. The van der Waals surface area contributed by atoms with Crippen LogP contribution in [0.15, 0.2) is 18.2 Å². The average molecular weight is 254 g/mol. The largest absolute Gasteiger partial charge is 0.339 e. The molecule has 3 nitrogen and oxygen atoms in total. The Labute approximate surface area is 105 Å². The quantitative estimate of drug-likeness (QED) is 0.874. The average Bonchev–Trinajstić information content (AvgIpc) is 2.41. The minimum Gasteiger partial charge on any atom is -0.339 e. The molecule has 1 aliphatic heterocycles. The standard InChI is InChI=1S/C13H16F2N2O/c14-11-3-1-2-10(12(11)15)13(18)17-6-4-9(8-16)5-7-17/h1-3,9H,4-8,16H2. The summed E-state index contributed by atoms with van der Waals surface area (Å²) in [5, 5.41) is 0. The van der Waals surface area contributed by atoms with Gasteiger partial charge >= 0.3 is 0 Å². The lowest BCUT2D eigenvalue weighted by atomic mass is 9.96. The summed E-state index contributed by atoms with van der Waals surface area (Å²) in [7, 11) is 0. The minimum absolute atomic E-state index is 0.193. The van der Waals surface area contributed by atoms with Gasteiger partial charge in [-0.25, -0.2) is 8.78 Å². The van der Waals surface area contributed by atoms with Gasteiger partial charge in [-0.3, -0.25) is 4.79 Å². The maximum atomic E-state index is 13.5. The van der Waals surface area contributed by atoms with Crippen molar-refractivity contribution in [3.05, 3.63) is 35.4 Å². The van der Waals surface area contributed by atoms with E-state index in [-0.39, 0.29) is 5.56 Å². The Morgan fingerprint density at radius 2 is 2.00 bits per heavy atom. The van der Waals surface area contributed by atoms with Crippen LogP contribution in [0.5, 0.6) is 0 Å². The Kier molecular flexibility index (Phi) is 3.91. The highest BCUT2D eigenvalue weighted by molar-refractivity contribution is 5.94. The smallest absolute Gasteiger partial charge is 0.256 e. The minimum atomic E-state index is -1.07. The molecule has 0 atom stereocenters. The predicted octanol–water partition coefficient (Wildman–Crippen LogP) is 1.78. The van der Waals surface area contributed by atoms with Crippen LogP contribution in [0.3, 0.4) is 0 Å². The molecule has 0 unspecified atom stereocenters. The number of halogens is 2. The van der Waals surface area contributed by atoms with Crippen molar-refractivity contribution >= 4 is 5.91 Å². The Morgan fingerprint density at radius 3 is 2.61 bits per heavy atom. The van der Waals surface area contributed by atoms with E-state index in [2.05, 4.69) is 0 Å². The van der Waals surface area contributed by atoms with Crippen molar-refractivity contribution in [2.45, 2.75) is 12.8 Å². The number of nitrogens with zero attached hydrogens (tertiary/aromatic N) is 1. The van der Waals surface area contributed by atoms with Crippen LogP contribution in [0, 0.1) is 17.6 Å². The van der Waals surface area contributed by atoms with E-state index >= 15 is 0 Å². The van der Waals surface area contributed by atoms with E-state index in [9.17, 15) is 13.6 Å². The van der Waals surface area contributed by atoms with Crippen molar-refractivity contribution in [3.8, 4) is 0 Å². The van der Waals surface area contributed by atoms with Gasteiger partial charge in [0.1, 0.15) is 0 Å². The van der Waals surface area contributed by atoms with Crippen LogP contribution in [0.1, 0.15) is 23.2 Å². The fourth-order valence-electron chi connectivity index (χ4n) is 2.21. The molecular formula is C13H16F2N2O. The number of carbonyl (C=O) groups is 1. The first-order valence-electron chi connectivity index (χ1n) is 6.07. The number of piperidine rings is 1. The van der Waals surface area contributed by atoms with Gasteiger partial charge in [0, 0.05) is 13.1 Å². The zero-order valence-electron chi connectivity index (χ0n) is 10.0. The molecule has 18 heavy (non-hydrogen) atoms. The molecule has 1 fully saturated rings. The van der Waals surface area contributed by atoms with E-state index in [1.807, 2.05) is 0 Å². The first-order chi connectivity index (χ1) is 8.63. The molecule has 0 aromatic heterocycles. The van der Waals surface area contributed by atoms with E-state index in [1.165, 1.54) is 12.1 Å². The molecule has 0 aliphatic carbocycles. The van der Waals surface area contributed by atoms with Crippen LogP contribution in [-0.4, -0.2) is 30.4 Å². The predicted molar refractivity (Wildman–Crippen MR) is 64.0 cm³/mol. The number of carbonyl (C=O) groups excluding carboxylic acids is 1. The summed E-state index contributed by atoms with van der Waals surface area (Å²) in [4.78, 5) is 13.6. The molecule has 5 heteroatoms. The molecule has 0 spiro atoms. The van der Waals surface area contributed by atoms with E-state index in [1.54, 1.807) is 4.90 Å². The molecule has 1 heterocycles. The van der Waals surface area contributed by atoms with Gasteiger partial charge in [0.25, 0.3) is 5.91 Å². The summed E-state index contributed by atoms with van der Waals surface area (Å²) in [6.07, 6.45) is 1.64. The van der Waals surface area contributed by atoms with Crippen LogP contribution in [0.2, 0.25) is 0 Å². The molecule has 1 aliphatic rings. The highest BCUT2D eigenvalue weighted by Gasteiger charge is 2.25. The van der Waals surface area contributed by atoms with Crippen LogP contribution >= 0.6 is 0 Å². The molecule has 1 aromatic carbocycles. The second kappa shape index (κ2) is 5.44. The molecule has 0 bridgehead atoms. The lowest BCUT2D eigenvalue weighted by Gasteiger charge is -2.31. The lowest BCUT2D eigenvalue weighted by molar-refractivity contribution is 0.0687. The summed E-state index contributed by atoms with van der Waals surface area (Å²) in [6.45, 7) is 1.71. The maximum Gasteiger partial charge on any atom is 0.256 e. The van der Waals surface area contributed by atoms with Crippen molar-refractivity contribution in [1.82, 2.24) is 4.90 Å². The van der Waals surface area contributed by atoms with Gasteiger partial charge in [0.15, 0.2) is 11.6 Å². The van der Waals surface area contributed by atoms with Crippen molar-refractivity contribution < 1.29 is 13.6 Å². The second-order valence-electron chi connectivity index (χ2n) is 4.57. The molecule has 0 saturated carbocycles. The first-order valence-corrected chi connectivity index (χ1v) is 6.07. The molecule has 0 radical (unpaired) electrons. The number of amides is 1. The van der Waals surface area contributed by atoms with Gasteiger partial charge in [0.2, 0.25) is 0 Å².